The Balaban J connectivity index is 2.04. The SMILES string of the molecule is C=C(C)CNC(=S)N1CCN(S(=O)(=O)c2cccc([N+](=O)[O-])c2)CC1. The highest BCUT2D eigenvalue weighted by molar-refractivity contribution is 7.89. The summed E-state index contributed by atoms with van der Waals surface area (Å²) in [6.45, 7) is 7.69. The van der Waals surface area contributed by atoms with Crippen LogP contribution in [0.2, 0.25) is 0 Å². The van der Waals surface area contributed by atoms with E-state index in [0.29, 0.717) is 24.7 Å². The third kappa shape index (κ3) is 4.74. The molecule has 0 radical (unpaired) electrons. The maximum atomic E-state index is 12.7. The summed E-state index contributed by atoms with van der Waals surface area (Å²) >= 11 is 5.29. The van der Waals surface area contributed by atoms with Crippen LogP contribution in [-0.4, -0.2) is 60.4 Å². The van der Waals surface area contributed by atoms with E-state index in [2.05, 4.69) is 11.9 Å². The quantitative estimate of drug-likeness (QED) is 0.354. The van der Waals surface area contributed by atoms with Crippen molar-refractivity contribution in [1.29, 1.82) is 0 Å². The van der Waals surface area contributed by atoms with Gasteiger partial charge in [-0.1, -0.05) is 18.2 Å². The van der Waals surface area contributed by atoms with Crippen molar-refractivity contribution in [3.05, 3.63) is 46.5 Å². The van der Waals surface area contributed by atoms with Gasteiger partial charge >= 0.3 is 0 Å². The zero-order chi connectivity index (χ0) is 18.6. The Bertz CT molecular complexity index is 786. The molecule has 136 valence electrons. The van der Waals surface area contributed by atoms with E-state index < -0.39 is 14.9 Å². The largest absolute Gasteiger partial charge is 0.359 e. The topological polar surface area (TPSA) is 95.8 Å². The van der Waals surface area contributed by atoms with Gasteiger partial charge in [-0.3, -0.25) is 10.1 Å². The molecule has 0 aliphatic carbocycles. The van der Waals surface area contributed by atoms with Crippen molar-refractivity contribution in [3.63, 3.8) is 0 Å². The average Bonchev–Trinajstić information content (AvgIpc) is 2.59. The molecule has 0 saturated carbocycles. The highest BCUT2D eigenvalue weighted by Gasteiger charge is 2.30. The summed E-state index contributed by atoms with van der Waals surface area (Å²) in [5.74, 6) is 0. The van der Waals surface area contributed by atoms with E-state index in [1.165, 1.54) is 22.5 Å². The van der Waals surface area contributed by atoms with Crippen molar-refractivity contribution in [2.24, 2.45) is 0 Å². The molecule has 0 unspecified atom stereocenters. The molecule has 2 rings (SSSR count). The molecule has 25 heavy (non-hydrogen) atoms. The molecule has 0 amide bonds. The Morgan fingerprint density at radius 2 is 2.00 bits per heavy atom. The predicted molar refractivity (Wildman–Crippen MR) is 98.8 cm³/mol. The van der Waals surface area contributed by atoms with Gasteiger partial charge in [-0.2, -0.15) is 4.31 Å². The minimum absolute atomic E-state index is 0.0712. The van der Waals surface area contributed by atoms with Gasteiger partial charge in [-0.25, -0.2) is 8.42 Å². The second kappa shape index (κ2) is 7.89. The Hall–Kier alpha value is -2.04. The molecule has 1 saturated heterocycles. The monoisotopic (exact) mass is 384 g/mol. The lowest BCUT2D eigenvalue weighted by Crippen LogP contribution is -2.53. The van der Waals surface area contributed by atoms with Crippen LogP contribution in [0.3, 0.4) is 0 Å². The van der Waals surface area contributed by atoms with Gasteiger partial charge in [0.25, 0.3) is 5.69 Å². The number of sulfonamides is 1. The summed E-state index contributed by atoms with van der Waals surface area (Å²) in [7, 11) is -3.77. The number of nitro groups is 1. The molecule has 1 aromatic carbocycles. The average molecular weight is 384 g/mol. The first-order chi connectivity index (χ1) is 11.7. The summed E-state index contributed by atoms with van der Waals surface area (Å²) in [6.07, 6.45) is 0. The number of piperazine rings is 1. The number of nitro benzene ring substituents is 1. The van der Waals surface area contributed by atoms with Crippen LogP contribution in [0.15, 0.2) is 41.3 Å². The molecule has 1 heterocycles. The lowest BCUT2D eigenvalue weighted by molar-refractivity contribution is -0.385. The van der Waals surface area contributed by atoms with Gasteiger partial charge in [0.15, 0.2) is 5.11 Å². The van der Waals surface area contributed by atoms with E-state index in [1.54, 1.807) is 0 Å². The fraction of sp³-hybridized carbons (Fsp3) is 0.400. The number of thiocarbonyl (C=S) groups is 1. The van der Waals surface area contributed by atoms with Crippen LogP contribution in [-0.2, 0) is 10.0 Å². The maximum absolute atomic E-state index is 12.7. The number of nitrogens with zero attached hydrogens (tertiary/aromatic N) is 3. The highest BCUT2D eigenvalue weighted by Crippen LogP contribution is 2.22. The summed E-state index contributed by atoms with van der Waals surface area (Å²) in [5.41, 5.74) is 0.708. The van der Waals surface area contributed by atoms with Crippen LogP contribution in [0.25, 0.3) is 0 Å². The Labute approximate surface area is 152 Å². The number of hydrogen-bond acceptors (Lipinski definition) is 5. The molecule has 0 atom stereocenters. The normalized spacial score (nSPS) is 15.6. The van der Waals surface area contributed by atoms with E-state index in [4.69, 9.17) is 12.2 Å². The van der Waals surface area contributed by atoms with E-state index in [1.807, 2.05) is 11.8 Å². The lowest BCUT2D eigenvalue weighted by atomic mass is 10.3. The van der Waals surface area contributed by atoms with Gasteiger partial charge in [0, 0.05) is 44.9 Å². The van der Waals surface area contributed by atoms with Crippen molar-refractivity contribution in [3.8, 4) is 0 Å². The van der Waals surface area contributed by atoms with Crippen LogP contribution >= 0.6 is 12.2 Å². The summed E-state index contributed by atoms with van der Waals surface area (Å²) in [5, 5.41) is 14.5. The van der Waals surface area contributed by atoms with Gasteiger partial charge in [0.1, 0.15) is 0 Å². The number of non-ortho nitro benzene ring substituents is 1. The first kappa shape index (κ1) is 19.3. The fourth-order valence-electron chi connectivity index (χ4n) is 2.38. The standard InChI is InChI=1S/C15H20N4O4S2/c1-12(2)11-16-15(24)17-6-8-18(9-7-17)25(22,23)14-5-3-4-13(10-14)19(20)21/h3-5,10H,1,6-9,11H2,2H3,(H,16,24). The Morgan fingerprint density at radius 3 is 2.56 bits per heavy atom. The molecular weight excluding hydrogens is 364 g/mol. The molecule has 1 aliphatic rings. The summed E-state index contributed by atoms with van der Waals surface area (Å²) in [6, 6.07) is 5.09. The first-order valence-electron chi connectivity index (χ1n) is 7.63. The van der Waals surface area contributed by atoms with E-state index in [0.717, 1.165) is 11.6 Å². The second-order valence-corrected chi connectivity index (χ2v) is 8.09. The highest BCUT2D eigenvalue weighted by atomic mass is 32.2. The molecule has 0 bridgehead atoms. The molecule has 1 aromatic rings. The van der Waals surface area contributed by atoms with Crippen LogP contribution in [0.1, 0.15) is 6.92 Å². The molecular formula is C15H20N4O4S2. The molecule has 0 spiro atoms. The molecule has 1 fully saturated rings. The molecule has 8 nitrogen and oxygen atoms in total. The van der Waals surface area contributed by atoms with Crippen LogP contribution in [0.5, 0.6) is 0 Å². The first-order valence-corrected chi connectivity index (χ1v) is 9.48. The van der Waals surface area contributed by atoms with Crippen molar-refractivity contribution < 1.29 is 13.3 Å². The Kier molecular flexibility index (Phi) is 6.09. The number of hydrogen-bond donors (Lipinski definition) is 1. The van der Waals surface area contributed by atoms with E-state index in [9.17, 15) is 18.5 Å². The predicted octanol–water partition coefficient (Wildman–Crippen LogP) is 1.35. The third-order valence-corrected chi connectivity index (χ3v) is 6.03. The molecule has 0 aromatic heterocycles. The number of rotatable bonds is 5. The van der Waals surface area contributed by atoms with Crippen molar-refractivity contribution >= 4 is 33.0 Å². The van der Waals surface area contributed by atoms with Crippen molar-refractivity contribution in [2.45, 2.75) is 11.8 Å². The zero-order valence-corrected chi connectivity index (χ0v) is 15.5. The van der Waals surface area contributed by atoms with E-state index in [-0.39, 0.29) is 23.7 Å². The van der Waals surface area contributed by atoms with Crippen molar-refractivity contribution in [1.82, 2.24) is 14.5 Å². The van der Waals surface area contributed by atoms with Gasteiger partial charge in [0.2, 0.25) is 10.0 Å². The second-order valence-electron chi connectivity index (χ2n) is 5.76. The van der Waals surface area contributed by atoms with Crippen LogP contribution in [0.4, 0.5) is 5.69 Å². The number of nitrogens with one attached hydrogen (secondary N) is 1. The van der Waals surface area contributed by atoms with Gasteiger partial charge in [-0.05, 0) is 25.2 Å². The third-order valence-electron chi connectivity index (χ3n) is 3.73. The van der Waals surface area contributed by atoms with E-state index >= 15 is 0 Å². The molecule has 10 heteroatoms. The zero-order valence-electron chi connectivity index (χ0n) is 13.8. The molecule has 1 N–H and O–H groups in total. The summed E-state index contributed by atoms with van der Waals surface area (Å²) in [4.78, 5) is 12.1. The van der Waals surface area contributed by atoms with Crippen LogP contribution < -0.4 is 5.32 Å². The van der Waals surface area contributed by atoms with Gasteiger partial charge < -0.3 is 10.2 Å². The maximum Gasteiger partial charge on any atom is 0.270 e. The van der Waals surface area contributed by atoms with Crippen molar-refractivity contribution in [2.75, 3.05) is 32.7 Å². The van der Waals surface area contributed by atoms with Crippen LogP contribution in [0, 0.1) is 10.1 Å². The number of benzene rings is 1. The lowest BCUT2D eigenvalue weighted by Gasteiger charge is -2.35. The smallest absolute Gasteiger partial charge is 0.270 e. The molecule has 1 aliphatic heterocycles. The fourth-order valence-corrected chi connectivity index (χ4v) is 4.09. The van der Waals surface area contributed by atoms with Gasteiger partial charge in [0.05, 0.1) is 9.82 Å². The van der Waals surface area contributed by atoms with Gasteiger partial charge in [-0.15, -0.1) is 0 Å². The minimum atomic E-state index is -3.77. The Morgan fingerprint density at radius 1 is 1.36 bits per heavy atom. The summed E-state index contributed by atoms with van der Waals surface area (Å²) < 4.78 is 26.7. The minimum Gasteiger partial charge on any atom is -0.359 e.